The first kappa shape index (κ1) is 14.3. The summed E-state index contributed by atoms with van der Waals surface area (Å²) in [7, 11) is 1.75. The van der Waals surface area contributed by atoms with Crippen LogP contribution in [0.3, 0.4) is 0 Å². The van der Waals surface area contributed by atoms with E-state index >= 15 is 0 Å². The molecule has 1 aromatic carbocycles. The summed E-state index contributed by atoms with van der Waals surface area (Å²) in [6.07, 6.45) is 4.24. The Balaban J connectivity index is 2.75. The molecule has 0 atom stereocenters. The lowest BCUT2D eigenvalue weighted by Gasteiger charge is -2.05. The van der Waals surface area contributed by atoms with Gasteiger partial charge < -0.3 is 0 Å². The summed E-state index contributed by atoms with van der Waals surface area (Å²) in [6, 6.07) is 4.24. The van der Waals surface area contributed by atoms with Crippen LogP contribution in [0.25, 0.3) is 6.08 Å². The molecule has 1 rings (SSSR count). The van der Waals surface area contributed by atoms with Crippen molar-refractivity contribution >= 4 is 25.8 Å². The van der Waals surface area contributed by atoms with E-state index in [0.717, 1.165) is 5.56 Å². The van der Waals surface area contributed by atoms with Crippen molar-refractivity contribution in [2.75, 3.05) is 5.75 Å². The van der Waals surface area contributed by atoms with Gasteiger partial charge in [0.1, 0.15) is 0 Å². The second-order valence-corrected chi connectivity index (χ2v) is 7.12. The van der Waals surface area contributed by atoms with E-state index in [2.05, 4.69) is 26.0 Å². The Hall–Kier alpha value is -0.800. The van der Waals surface area contributed by atoms with Gasteiger partial charge in [-0.05, 0) is 49.4 Å². The highest BCUT2D eigenvalue weighted by molar-refractivity contribution is 8.13. The van der Waals surface area contributed by atoms with Crippen molar-refractivity contribution in [3.63, 3.8) is 0 Å². The first-order valence-corrected chi connectivity index (χ1v) is 7.94. The van der Waals surface area contributed by atoms with Crippen molar-refractivity contribution in [3.8, 4) is 0 Å². The minimum Gasteiger partial charge on any atom is -0.212 e. The van der Waals surface area contributed by atoms with Crippen LogP contribution in [0, 0.1) is 20.8 Å². The number of allylic oxidation sites excluding steroid dienone is 1. The molecule has 0 aliphatic carbocycles. The molecule has 4 heteroatoms. The minimum atomic E-state index is -3.38. The van der Waals surface area contributed by atoms with Crippen LogP contribution in [0.4, 0.5) is 0 Å². The zero-order valence-corrected chi connectivity index (χ0v) is 11.9. The lowest BCUT2D eigenvalue weighted by Crippen LogP contribution is -1.94. The van der Waals surface area contributed by atoms with Crippen LogP contribution >= 0.6 is 10.7 Å². The molecule has 0 aliphatic rings. The van der Waals surface area contributed by atoms with Crippen LogP contribution in [0.1, 0.15) is 28.7 Å². The molecular weight excluding hydrogens is 256 g/mol. The summed E-state index contributed by atoms with van der Waals surface area (Å²) in [5.74, 6) is -0.0189. The average Bonchev–Trinajstić information content (AvgIpc) is 2.18. The molecule has 0 bridgehead atoms. The van der Waals surface area contributed by atoms with Crippen molar-refractivity contribution < 1.29 is 8.42 Å². The molecular formula is C13H17ClO2S. The summed E-state index contributed by atoms with van der Waals surface area (Å²) in [5.41, 5.74) is 4.82. The van der Waals surface area contributed by atoms with E-state index in [9.17, 15) is 8.42 Å². The lowest BCUT2D eigenvalue weighted by atomic mass is 10.0. The Morgan fingerprint density at radius 3 is 2.29 bits per heavy atom. The molecule has 0 amide bonds. The van der Waals surface area contributed by atoms with Crippen molar-refractivity contribution in [1.29, 1.82) is 0 Å². The maximum absolute atomic E-state index is 10.7. The number of halogens is 1. The van der Waals surface area contributed by atoms with Gasteiger partial charge in [0, 0.05) is 10.7 Å². The third-order valence-electron chi connectivity index (χ3n) is 2.71. The molecule has 0 unspecified atom stereocenters. The summed E-state index contributed by atoms with van der Waals surface area (Å²) < 4.78 is 21.5. The zero-order valence-electron chi connectivity index (χ0n) is 10.3. The number of hydrogen-bond acceptors (Lipinski definition) is 2. The van der Waals surface area contributed by atoms with Gasteiger partial charge in [0.05, 0.1) is 5.75 Å². The van der Waals surface area contributed by atoms with Crippen LogP contribution in [0.2, 0.25) is 0 Å². The quantitative estimate of drug-likeness (QED) is 0.785. The number of aryl methyl sites for hydroxylation is 3. The van der Waals surface area contributed by atoms with Gasteiger partial charge in [0.25, 0.3) is 0 Å². The average molecular weight is 273 g/mol. The highest BCUT2D eigenvalue weighted by Gasteiger charge is 2.02. The van der Waals surface area contributed by atoms with Gasteiger partial charge in [-0.1, -0.05) is 24.3 Å². The van der Waals surface area contributed by atoms with Gasteiger partial charge >= 0.3 is 0 Å². The van der Waals surface area contributed by atoms with E-state index < -0.39 is 9.05 Å². The monoisotopic (exact) mass is 272 g/mol. The molecule has 0 aliphatic heterocycles. The molecule has 1 aromatic rings. The van der Waals surface area contributed by atoms with Crippen molar-refractivity contribution in [1.82, 2.24) is 0 Å². The van der Waals surface area contributed by atoms with Gasteiger partial charge in [-0.15, -0.1) is 0 Å². The second kappa shape index (κ2) is 5.69. The molecule has 0 spiro atoms. The fourth-order valence-electron chi connectivity index (χ4n) is 1.58. The third-order valence-corrected chi connectivity index (χ3v) is 3.89. The van der Waals surface area contributed by atoms with E-state index in [-0.39, 0.29) is 5.75 Å². The van der Waals surface area contributed by atoms with E-state index in [1.807, 2.05) is 19.1 Å². The van der Waals surface area contributed by atoms with Crippen LogP contribution in [0.15, 0.2) is 18.2 Å². The highest BCUT2D eigenvalue weighted by atomic mass is 35.7. The molecule has 2 nitrogen and oxygen atoms in total. The molecule has 0 saturated heterocycles. The molecule has 0 heterocycles. The predicted octanol–water partition coefficient (Wildman–Crippen LogP) is 3.58. The molecule has 94 valence electrons. The second-order valence-electron chi connectivity index (χ2n) is 4.23. The van der Waals surface area contributed by atoms with Gasteiger partial charge in [-0.2, -0.15) is 0 Å². The van der Waals surface area contributed by atoms with Gasteiger partial charge in [-0.25, -0.2) is 8.42 Å². The Labute approximate surface area is 108 Å². The summed E-state index contributed by atoms with van der Waals surface area (Å²) in [4.78, 5) is 0. The fourth-order valence-corrected chi connectivity index (χ4v) is 2.27. The summed E-state index contributed by atoms with van der Waals surface area (Å²) >= 11 is 0. The van der Waals surface area contributed by atoms with E-state index in [1.165, 1.54) is 16.7 Å². The molecule has 0 aromatic heterocycles. The van der Waals surface area contributed by atoms with Crippen LogP contribution in [0.5, 0.6) is 0 Å². The number of benzene rings is 1. The molecule has 0 saturated carbocycles. The zero-order chi connectivity index (χ0) is 13.1. The SMILES string of the molecule is Cc1cc(C)c(/C=C/CCS(=O)(=O)Cl)cc1C. The molecule has 17 heavy (non-hydrogen) atoms. The molecule has 0 fully saturated rings. The normalized spacial score (nSPS) is 12.2. The van der Waals surface area contributed by atoms with Crippen molar-refractivity contribution in [3.05, 3.63) is 40.5 Å². The maximum Gasteiger partial charge on any atom is 0.232 e. The Bertz CT molecular complexity index is 531. The summed E-state index contributed by atoms with van der Waals surface area (Å²) in [5, 5.41) is 0. The van der Waals surface area contributed by atoms with Crippen LogP contribution < -0.4 is 0 Å². The number of rotatable bonds is 4. The molecule has 0 radical (unpaired) electrons. The van der Waals surface area contributed by atoms with E-state index in [0.29, 0.717) is 6.42 Å². The van der Waals surface area contributed by atoms with Gasteiger partial charge in [0.2, 0.25) is 9.05 Å². The van der Waals surface area contributed by atoms with E-state index in [4.69, 9.17) is 10.7 Å². The van der Waals surface area contributed by atoms with Gasteiger partial charge in [-0.3, -0.25) is 0 Å². The Morgan fingerprint density at radius 2 is 1.71 bits per heavy atom. The maximum atomic E-state index is 10.7. The minimum absolute atomic E-state index is 0.0189. The standard InChI is InChI=1S/C13H17ClO2S/c1-10-8-12(3)13(9-11(10)2)6-4-5-7-17(14,15)16/h4,6,8-9H,5,7H2,1-3H3/b6-4+. The fraction of sp³-hybridized carbons (Fsp3) is 0.385. The Kier molecular flexibility index (Phi) is 4.78. The lowest BCUT2D eigenvalue weighted by molar-refractivity contribution is 0.609. The number of hydrogen-bond donors (Lipinski definition) is 0. The van der Waals surface area contributed by atoms with Crippen molar-refractivity contribution in [2.45, 2.75) is 27.2 Å². The third kappa shape index (κ3) is 4.92. The molecule has 0 N–H and O–H groups in total. The predicted molar refractivity (Wildman–Crippen MR) is 73.9 cm³/mol. The first-order chi connectivity index (χ1) is 7.79. The smallest absolute Gasteiger partial charge is 0.212 e. The first-order valence-electron chi connectivity index (χ1n) is 5.46. The van der Waals surface area contributed by atoms with Gasteiger partial charge in [0.15, 0.2) is 0 Å². The van der Waals surface area contributed by atoms with Crippen LogP contribution in [-0.4, -0.2) is 14.2 Å². The Morgan fingerprint density at radius 1 is 1.12 bits per heavy atom. The summed E-state index contributed by atoms with van der Waals surface area (Å²) in [6.45, 7) is 6.19. The topological polar surface area (TPSA) is 34.1 Å². The van der Waals surface area contributed by atoms with Crippen molar-refractivity contribution in [2.24, 2.45) is 0 Å². The highest BCUT2D eigenvalue weighted by Crippen LogP contribution is 2.17. The largest absolute Gasteiger partial charge is 0.232 e. The van der Waals surface area contributed by atoms with Crippen LogP contribution in [-0.2, 0) is 9.05 Å². The van der Waals surface area contributed by atoms with E-state index in [1.54, 1.807) is 0 Å².